The van der Waals surface area contributed by atoms with Gasteiger partial charge in [0.05, 0.1) is 16.7 Å². The highest BCUT2D eigenvalue weighted by Crippen LogP contribution is 2.19. The van der Waals surface area contributed by atoms with Crippen molar-refractivity contribution in [1.82, 2.24) is 0 Å². The second-order valence-corrected chi connectivity index (χ2v) is 6.86. The van der Waals surface area contributed by atoms with Gasteiger partial charge in [-0.2, -0.15) is 0 Å². The van der Waals surface area contributed by atoms with Crippen LogP contribution in [0.25, 0.3) is 6.08 Å². The van der Waals surface area contributed by atoms with E-state index in [1.807, 2.05) is 0 Å². The van der Waals surface area contributed by atoms with Crippen LogP contribution in [0.4, 0.5) is 5.69 Å². The molecule has 0 aliphatic heterocycles. The number of hydrogen-bond acceptors (Lipinski definition) is 3. The summed E-state index contributed by atoms with van der Waals surface area (Å²) in [6.45, 7) is 1.73. The van der Waals surface area contributed by atoms with Crippen LogP contribution in [0.5, 0.6) is 0 Å². The van der Waals surface area contributed by atoms with Gasteiger partial charge < -0.3 is 5.11 Å². The van der Waals surface area contributed by atoms with Crippen molar-refractivity contribution in [2.24, 2.45) is 0 Å². The van der Waals surface area contributed by atoms with E-state index in [1.165, 1.54) is 18.2 Å². The lowest BCUT2D eigenvalue weighted by Crippen LogP contribution is -2.12. The Labute approximate surface area is 139 Å². The molecule has 0 bridgehead atoms. The molecule has 120 valence electrons. The zero-order valence-electron chi connectivity index (χ0n) is 12.2. The zero-order valence-corrected chi connectivity index (χ0v) is 13.7. The van der Waals surface area contributed by atoms with Crippen LogP contribution in [-0.2, 0) is 10.0 Å². The average molecular weight is 352 g/mol. The van der Waals surface area contributed by atoms with Crippen LogP contribution in [0.2, 0.25) is 5.02 Å². The Hall–Kier alpha value is -2.31. The van der Waals surface area contributed by atoms with Crippen molar-refractivity contribution in [3.63, 3.8) is 0 Å². The summed E-state index contributed by atoms with van der Waals surface area (Å²) in [5, 5.41) is 10.7. The maximum Gasteiger partial charge on any atom is 0.337 e. The Morgan fingerprint density at radius 3 is 2.43 bits per heavy atom. The SMILES string of the molecule is Cc1ccc(NS(=O)(=O)/C=C/c2ccc(Cl)cc2)c(C(=O)O)c1. The van der Waals surface area contributed by atoms with Crippen molar-refractivity contribution in [3.8, 4) is 0 Å². The lowest BCUT2D eigenvalue weighted by Gasteiger charge is -2.08. The number of sulfonamides is 1. The molecular formula is C16H14ClNO4S. The van der Waals surface area contributed by atoms with E-state index in [0.29, 0.717) is 10.6 Å². The molecule has 0 fully saturated rings. The van der Waals surface area contributed by atoms with Gasteiger partial charge in [-0.1, -0.05) is 35.4 Å². The van der Waals surface area contributed by atoms with Gasteiger partial charge >= 0.3 is 5.97 Å². The van der Waals surface area contributed by atoms with E-state index in [2.05, 4.69) is 4.72 Å². The van der Waals surface area contributed by atoms with Gasteiger partial charge in [0.2, 0.25) is 0 Å². The van der Waals surface area contributed by atoms with Crippen LogP contribution in [0.1, 0.15) is 21.5 Å². The second-order valence-electron chi connectivity index (χ2n) is 4.86. The number of aryl methyl sites for hydroxylation is 1. The molecule has 2 rings (SSSR count). The predicted octanol–water partition coefficient (Wildman–Crippen LogP) is 3.76. The molecule has 7 heteroatoms. The number of aromatic carboxylic acids is 1. The van der Waals surface area contributed by atoms with E-state index in [1.54, 1.807) is 37.3 Å². The van der Waals surface area contributed by atoms with Gasteiger partial charge in [-0.25, -0.2) is 13.2 Å². The smallest absolute Gasteiger partial charge is 0.337 e. The number of carboxylic acid groups (broad SMARTS) is 1. The summed E-state index contributed by atoms with van der Waals surface area (Å²) >= 11 is 5.76. The maximum absolute atomic E-state index is 12.1. The first-order valence-corrected chi connectivity index (χ1v) is 8.50. The number of rotatable bonds is 5. The Morgan fingerprint density at radius 1 is 1.17 bits per heavy atom. The number of carbonyl (C=O) groups is 1. The van der Waals surface area contributed by atoms with Crippen LogP contribution in [0.15, 0.2) is 47.9 Å². The summed E-state index contributed by atoms with van der Waals surface area (Å²) < 4.78 is 26.4. The molecule has 0 radical (unpaired) electrons. The highest BCUT2D eigenvalue weighted by Gasteiger charge is 2.14. The summed E-state index contributed by atoms with van der Waals surface area (Å²) in [4.78, 5) is 11.2. The molecule has 0 amide bonds. The number of hydrogen-bond donors (Lipinski definition) is 2. The van der Waals surface area contributed by atoms with Crippen molar-refractivity contribution in [2.75, 3.05) is 4.72 Å². The summed E-state index contributed by atoms with van der Waals surface area (Å²) in [6, 6.07) is 11.1. The quantitative estimate of drug-likeness (QED) is 0.859. The molecule has 0 aromatic heterocycles. The topological polar surface area (TPSA) is 83.5 Å². The van der Waals surface area contributed by atoms with Gasteiger partial charge in [0.25, 0.3) is 10.0 Å². The predicted molar refractivity (Wildman–Crippen MR) is 91.2 cm³/mol. The van der Waals surface area contributed by atoms with Crippen LogP contribution >= 0.6 is 11.6 Å². The van der Waals surface area contributed by atoms with Crippen LogP contribution < -0.4 is 4.72 Å². The lowest BCUT2D eigenvalue weighted by molar-refractivity contribution is 0.0698. The fraction of sp³-hybridized carbons (Fsp3) is 0.0625. The summed E-state index contributed by atoms with van der Waals surface area (Å²) in [5.74, 6) is -1.20. The van der Waals surface area contributed by atoms with Crippen LogP contribution in [0, 0.1) is 6.92 Å². The standard InChI is InChI=1S/C16H14ClNO4S/c1-11-2-7-15(14(10-11)16(19)20)18-23(21,22)9-8-12-3-5-13(17)6-4-12/h2-10,18H,1H3,(H,19,20)/b9-8+. The summed E-state index contributed by atoms with van der Waals surface area (Å²) in [7, 11) is -3.84. The Balaban J connectivity index is 2.25. The van der Waals surface area contributed by atoms with Gasteiger partial charge in [0.15, 0.2) is 0 Å². The molecule has 0 saturated carbocycles. The molecule has 0 heterocycles. The van der Waals surface area contributed by atoms with E-state index in [0.717, 1.165) is 11.0 Å². The molecule has 0 spiro atoms. The molecule has 2 aromatic carbocycles. The minimum Gasteiger partial charge on any atom is -0.478 e. The third kappa shape index (κ3) is 4.84. The highest BCUT2D eigenvalue weighted by atomic mass is 35.5. The third-order valence-corrected chi connectivity index (χ3v) is 4.22. The van der Waals surface area contributed by atoms with Crippen molar-refractivity contribution in [2.45, 2.75) is 6.92 Å². The van der Waals surface area contributed by atoms with E-state index >= 15 is 0 Å². The molecule has 2 N–H and O–H groups in total. The molecule has 0 aliphatic carbocycles. The first-order valence-electron chi connectivity index (χ1n) is 6.57. The normalized spacial score (nSPS) is 11.6. The Morgan fingerprint density at radius 2 is 1.83 bits per heavy atom. The fourth-order valence-electron chi connectivity index (χ4n) is 1.85. The number of benzene rings is 2. The van der Waals surface area contributed by atoms with Gasteiger partial charge in [0.1, 0.15) is 0 Å². The molecule has 5 nitrogen and oxygen atoms in total. The van der Waals surface area contributed by atoms with Gasteiger partial charge in [-0.05, 0) is 42.8 Å². The minimum atomic E-state index is -3.84. The number of nitrogens with one attached hydrogen (secondary N) is 1. The zero-order chi connectivity index (χ0) is 17.0. The molecule has 0 aliphatic rings. The Bertz CT molecular complexity index is 858. The van der Waals surface area contributed by atoms with Gasteiger partial charge in [-0.15, -0.1) is 0 Å². The summed E-state index contributed by atoms with van der Waals surface area (Å²) in [6.07, 6.45) is 1.40. The number of halogens is 1. The highest BCUT2D eigenvalue weighted by molar-refractivity contribution is 7.95. The number of carboxylic acids is 1. The summed E-state index contributed by atoms with van der Waals surface area (Å²) in [5.41, 5.74) is 1.29. The van der Waals surface area contributed by atoms with Crippen LogP contribution in [-0.4, -0.2) is 19.5 Å². The van der Waals surface area contributed by atoms with Crippen molar-refractivity contribution < 1.29 is 18.3 Å². The van der Waals surface area contributed by atoms with Gasteiger partial charge in [-0.3, -0.25) is 4.72 Å². The Kier molecular flexibility index (Phi) is 5.08. The maximum atomic E-state index is 12.1. The molecule has 0 saturated heterocycles. The second kappa shape index (κ2) is 6.85. The van der Waals surface area contributed by atoms with Crippen molar-refractivity contribution in [1.29, 1.82) is 0 Å². The average Bonchev–Trinajstić information content (AvgIpc) is 2.48. The first-order chi connectivity index (χ1) is 10.8. The molecule has 0 atom stereocenters. The minimum absolute atomic E-state index is 0.0175. The van der Waals surface area contributed by atoms with E-state index in [-0.39, 0.29) is 11.3 Å². The third-order valence-electron chi connectivity index (χ3n) is 2.97. The largest absolute Gasteiger partial charge is 0.478 e. The molecule has 0 unspecified atom stereocenters. The van der Waals surface area contributed by atoms with E-state index in [4.69, 9.17) is 16.7 Å². The number of anilines is 1. The monoisotopic (exact) mass is 351 g/mol. The van der Waals surface area contributed by atoms with Crippen LogP contribution in [0.3, 0.4) is 0 Å². The van der Waals surface area contributed by atoms with E-state index < -0.39 is 16.0 Å². The van der Waals surface area contributed by atoms with Crippen molar-refractivity contribution in [3.05, 3.63) is 69.6 Å². The van der Waals surface area contributed by atoms with Crippen molar-refractivity contribution >= 4 is 39.4 Å². The fourth-order valence-corrected chi connectivity index (χ4v) is 2.87. The molecule has 23 heavy (non-hydrogen) atoms. The van der Waals surface area contributed by atoms with Gasteiger partial charge in [0, 0.05) is 5.02 Å². The lowest BCUT2D eigenvalue weighted by atomic mass is 10.1. The molecular weight excluding hydrogens is 338 g/mol. The first kappa shape index (κ1) is 17.1. The molecule has 2 aromatic rings. The van der Waals surface area contributed by atoms with E-state index in [9.17, 15) is 13.2 Å².